The molecule has 2 heterocycles. The molecule has 0 aliphatic carbocycles. The average molecular weight is 274 g/mol. The fourth-order valence-corrected chi connectivity index (χ4v) is 1.72. The SMILES string of the molecule is O=c1ncc([N+](=O)[O-])cn1Cc1nnsc1Cl. The molecule has 0 aliphatic heterocycles. The fraction of sp³-hybridized carbons (Fsp3) is 0.143. The van der Waals surface area contributed by atoms with E-state index in [0.717, 1.165) is 28.5 Å². The van der Waals surface area contributed by atoms with Crippen LogP contribution >= 0.6 is 23.1 Å². The predicted octanol–water partition coefficient (Wildman–Crippen LogP) is 0.705. The minimum absolute atomic E-state index is 0.00282. The summed E-state index contributed by atoms with van der Waals surface area (Å²) in [6.45, 7) is 0.00282. The summed E-state index contributed by atoms with van der Waals surface area (Å²) >= 11 is 6.74. The zero-order valence-corrected chi connectivity index (χ0v) is 9.68. The third-order valence-electron chi connectivity index (χ3n) is 1.88. The third kappa shape index (κ3) is 2.45. The molecule has 0 unspecified atom stereocenters. The van der Waals surface area contributed by atoms with Gasteiger partial charge >= 0.3 is 11.4 Å². The molecule has 0 aliphatic rings. The molecule has 0 radical (unpaired) electrons. The standard InChI is InChI=1S/C7H4ClN5O3S/c8-6-5(10-11-17-6)3-12-2-4(13(15)16)1-9-7(12)14/h1-2H,3H2. The molecule has 0 saturated heterocycles. The van der Waals surface area contributed by atoms with Gasteiger partial charge in [0, 0.05) is 11.5 Å². The highest BCUT2D eigenvalue weighted by Crippen LogP contribution is 2.18. The van der Waals surface area contributed by atoms with E-state index in [9.17, 15) is 14.9 Å². The molecule has 2 aromatic rings. The molecule has 0 N–H and O–H groups in total. The summed E-state index contributed by atoms with van der Waals surface area (Å²) in [5, 5.41) is 14.2. The minimum atomic E-state index is -0.635. The first-order valence-corrected chi connectivity index (χ1v) is 5.40. The maximum absolute atomic E-state index is 11.4. The van der Waals surface area contributed by atoms with E-state index in [1.54, 1.807) is 0 Å². The largest absolute Gasteiger partial charge is 0.348 e. The van der Waals surface area contributed by atoms with Crippen LogP contribution in [0, 0.1) is 10.1 Å². The van der Waals surface area contributed by atoms with Gasteiger partial charge in [0.2, 0.25) is 0 Å². The lowest BCUT2D eigenvalue weighted by Gasteiger charge is -2.01. The molecule has 2 rings (SSSR count). The summed E-state index contributed by atoms with van der Waals surface area (Å²) < 4.78 is 4.99. The Morgan fingerprint density at radius 2 is 2.35 bits per heavy atom. The van der Waals surface area contributed by atoms with E-state index in [-0.39, 0.29) is 12.2 Å². The Morgan fingerprint density at radius 1 is 1.59 bits per heavy atom. The van der Waals surface area contributed by atoms with E-state index < -0.39 is 10.6 Å². The molecule has 0 amide bonds. The molecule has 0 fully saturated rings. The van der Waals surface area contributed by atoms with Crippen molar-refractivity contribution in [1.29, 1.82) is 0 Å². The van der Waals surface area contributed by atoms with Crippen molar-refractivity contribution in [2.24, 2.45) is 0 Å². The van der Waals surface area contributed by atoms with E-state index in [1.807, 2.05) is 0 Å². The second-order valence-corrected chi connectivity index (χ2v) is 4.33. The van der Waals surface area contributed by atoms with Gasteiger partial charge in [-0.2, -0.15) is 4.98 Å². The van der Waals surface area contributed by atoms with Crippen LogP contribution in [-0.2, 0) is 6.54 Å². The first kappa shape index (κ1) is 11.6. The van der Waals surface area contributed by atoms with Crippen molar-refractivity contribution >= 4 is 28.8 Å². The molecule has 0 saturated carbocycles. The van der Waals surface area contributed by atoms with Crippen LogP contribution in [0.4, 0.5) is 5.69 Å². The maximum atomic E-state index is 11.4. The van der Waals surface area contributed by atoms with Gasteiger partial charge in [-0.15, -0.1) is 5.10 Å². The first-order chi connectivity index (χ1) is 8.08. The number of rotatable bonds is 3. The van der Waals surface area contributed by atoms with Crippen molar-refractivity contribution in [3.05, 3.63) is 43.0 Å². The lowest BCUT2D eigenvalue weighted by molar-refractivity contribution is -0.385. The predicted molar refractivity (Wildman–Crippen MR) is 59.2 cm³/mol. The molecule has 88 valence electrons. The lowest BCUT2D eigenvalue weighted by Crippen LogP contribution is -2.23. The van der Waals surface area contributed by atoms with Gasteiger partial charge in [-0.3, -0.25) is 14.7 Å². The fourth-order valence-electron chi connectivity index (χ4n) is 1.10. The van der Waals surface area contributed by atoms with Crippen LogP contribution in [0.1, 0.15) is 5.69 Å². The second kappa shape index (κ2) is 4.55. The Kier molecular flexibility index (Phi) is 3.11. The molecule has 17 heavy (non-hydrogen) atoms. The van der Waals surface area contributed by atoms with Crippen molar-refractivity contribution < 1.29 is 4.92 Å². The Bertz CT molecular complexity index is 624. The van der Waals surface area contributed by atoms with Crippen LogP contribution < -0.4 is 5.69 Å². The molecule has 10 heteroatoms. The Balaban J connectivity index is 2.39. The highest BCUT2D eigenvalue weighted by atomic mass is 35.5. The summed E-state index contributed by atoms with van der Waals surface area (Å²) in [7, 11) is 0. The van der Waals surface area contributed by atoms with Crippen molar-refractivity contribution in [3.63, 3.8) is 0 Å². The molecule has 2 aromatic heterocycles. The molecular formula is C7H4ClN5O3S. The second-order valence-electron chi connectivity index (χ2n) is 2.97. The number of hydrogen-bond acceptors (Lipinski definition) is 7. The first-order valence-electron chi connectivity index (χ1n) is 4.25. The number of nitro groups is 1. The van der Waals surface area contributed by atoms with Gasteiger partial charge < -0.3 is 0 Å². The smallest absolute Gasteiger partial charge is 0.286 e. The Labute approximate surface area is 103 Å². The quantitative estimate of drug-likeness (QED) is 0.602. The Hall–Kier alpha value is -1.87. The maximum Gasteiger partial charge on any atom is 0.348 e. The van der Waals surface area contributed by atoms with Gasteiger partial charge in [0.1, 0.15) is 16.2 Å². The van der Waals surface area contributed by atoms with Gasteiger partial charge in [-0.05, 0) is 0 Å². The van der Waals surface area contributed by atoms with Crippen molar-refractivity contribution in [3.8, 4) is 0 Å². The zero-order chi connectivity index (χ0) is 12.4. The monoisotopic (exact) mass is 273 g/mol. The topological polar surface area (TPSA) is 104 Å². The van der Waals surface area contributed by atoms with Crippen molar-refractivity contribution in [2.75, 3.05) is 0 Å². The molecular weight excluding hydrogens is 270 g/mol. The summed E-state index contributed by atoms with van der Waals surface area (Å²) in [4.78, 5) is 24.7. The highest BCUT2D eigenvalue weighted by Gasteiger charge is 2.12. The van der Waals surface area contributed by atoms with Crippen LogP contribution in [-0.4, -0.2) is 24.1 Å². The summed E-state index contributed by atoms with van der Waals surface area (Å²) in [6, 6.07) is 0. The number of hydrogen-bond donors (Lipinski definition) is 0. The van der Waals surface area contributed by atoms with Gasteiger partial charge in [0.15, 0.2) is 0 Å². The van der Waals surface area contributed by atoms with E-state index >= 15 is 0 Å². The van der Waals surface area contributed by atoms with Gasteiger partial charge in [0.05, 0.1) is 17.7 Å². The summed E-state index contributed by atoms with van der Waals surface area (Å²) in [6.07, 6.45) is 1.99. The van der Waals surface area contributed by atoms with Crippen LogP contribution in [0.2, 0.25) is 4.34 Å². The number of aromatic nitrogens is 4. The third-order valence-corrected chi connectivity index (χ3v) is 2.87. The van der Waals surface area contributed by atoms with Crippen LogP contribution in [0.15, 0.2) is 17.2 Å². The summed E-state index contributed by atoms with van der Waals surface area (Å²) in [5.41, 5.74) is -0.510. The normalized spacial score (nSPS) is 10.4. The Morgan fingerprint density at radius 3 is 2.94 bits per heavy atom. The molecule has 0 aromatic carbocycles. The van der Waals surface area contributed by atoms with E-state index in [2.05, 4.69) is 14.6 Å². The van der Waals surface area contributed by atoms with Gasteiger partial charge in [0.25, 0.3) is 0 Å². The summed E-state index contributed by atoms with van der Waals surface area (Å²) in [5.74, 6) is 0. The van der Waals surface area contributed by atoms with Crippen LogP contribution in [0.25, 0.3) is 0 Å². The number of halogens is 1. The van der Waals surface area contributed by atoms with E-state index in [0.29, 0.717) is 10.0 Å². The van der Waals surface area contributed by atoms with Crippen molar-refractivity contribution in [2.45, 2.75) is 6.54 Å². The molecule has 0 spiro atoms. The van der Waals surface area contributed by atoms with E-state index in [1.165, 1.54) is 0 Å². The number of nitrogens with zero attached hydrogens (tertiary/aromatic N) is 5. The molecule has 0 bridgehead atoms. The highest BCUT2D eigenvalue weighted by molar-refractivity contribution is 7.10. The van der Waals surface area contributed by atoms with Crippen molar-refractivity contribution in [1.82, 2.24) is 19.1 Å². The lowest BCUT2D eigenvalue weighted by atomic mass is 10.4. The van der Waals surface area contributed by atoms with Crippen LogP contribution in [0.5, 0.6) is 0 Å². The minimum Gasteiger partial charge on any atom is -0.286 e. The van der Waals surface area contributed by atoms with E-state index in [4.69, 9.17) is 11.6 Å². The molecule has 0 atom stereocenters. The average Bonchev–Trinajstić information content (AvgIpc) is 2.67. The van der Waals surface area contributed by atoms with Gasteiger partial charge in [-0.25, -0.2) is 4.79 Å². The molecule has 8 nitrogen and oxygen atoms in total. The van der Waals surface area contributed by atoms with Gasteiger partial charge in [-0.1, -0.05) is 16.1 Å². The zero-order valence-electron chi connectivity index (χ0n) is 8.11. The van der Waals surface area contributed by atoms with Crippen LogP contribution in [0.3, 0.4) is 0 Å².